The summed E-state index contributed by atoms with van der Waals surface area (Å²) < 4.78 is 26.3. The molecule has 0 amide bonds. The molecule has 138 valence electrons. The lowest BCUT2D eigenvalue weighted by atomic mass is 9.96. The van der Waals surface area contributed by atoms with Gasteiger partial charge in [-0.15, -0.1) is 0 Å². The molecule has 1 aliphatic rings. The normalized spacial score (nSPS) is 14.8. The Morgan fingerprint density at radius 3 is 1.70 bits per heavy atom. The van der Waals surface area contributed by atoms with E-state index in [0.717, 1.165) is 33.4 Å². The molecule has 4 heteroatoms. The quantitative estimate of drug-likeness (QED) is 0.502. The molecule has 0 saturated carbocycles. The van der Waals surface area contributed by atoms with Crippen molar-refractivity contribution < 1.29 is 13.6 Å². The maximum absolute atomic E-state index is 14.0. The van der Waals surface area contributed by atoms with Gasteiger partial charge < -0.3 is 9.05 Å². The molecule has 3 aromatic rings. The molecule has 4 rings (SSSR count). The molecule has 0 spiro atoms. The van der Waals surface area contributed by atoms with Gasteiger partial charge in [0.25, 0.3) is 0 Å². The zero-order valence-electron chi connectivity index (χ0n) is 16.1. The van der Waals surface area contributed by atoms with E-state index in [1.54, 1.807) is 12.1 Å². The van der Waals surface area contributed by atoms with Crippen LogP contribution in [0.5, 0.6) is 11.5 Å². The fraction of sp³-hybridized carbons (Fsp3) is 0.217. The van der Waals surface area contributed by atoms with Crippen molar-refractivity contribution in [3.05, 3.63) is 88.0 Å². The molecule has 0 aliphatic carbocycles. The van der Waals surface area contributed by atoms with Crippen LogP contribution in [0.25, 0.3) is 0 Å². The summed E-state index contributed by atoms with van der Waals surface area (Å²) in [7, 11) is -3.59. The third-order valence-corrected chi connectivity index (χ3v) is 6.64. The Hall–Kier alpha value is -2.51. The third kappa shape index (κ3) is 3.28. The van der Waals surface area contributed by atoms with Crippen molar-refractivity contribution in [1.82, 2.24) is 0 Å². The van der Waals surface area contributed by atoms with Crippen LogP contribution in [0.1, 0.15) is 33.4 Å². The van der Waals surface area contributed by atoms with Crippen LogP contribution in [-0.4, -0.2) is 0 Å². The number of fused-ring (bicyclic) bond motifs is 2. The summed E-state index contributed by atoms with van der Waals surface area (Å²) in [6, 6.07) is 17.5. The molecule has 0 N–H and O–H groups in total. The average Bonchev–Trinajstić information content (AvgIpc) is 2.60. The van der Waals surface area contributed by atoms with Gasteiger partial charge in [0.1, 0.15) is 11.5 Å². The van der Waals surface area contributed by atoms with Gasteiger partial charge in [0.2, 0.25) is 0 Å². The molecular weight excluding hydrogens is 355 g/mol. The van der Waals surface area contributed by atoms with Gasteiger partial charge in [-0.05, 0) is 62.1 Å². The van der Waals surface area contributed by atoms with Crippen molar-refractivity contribution >= 4 is 12.9 Å². The summed E-state index contributed by atoms with van der Waals surface area (Å²) in [5.74, 6) is 1.33. The predicted octanol–water partition coefficient (Wildman–Crippen LogP) is 5.80. The largest absolute Gasteiger partial charge is 0.462 e. The van der Waals surface area contributed by atoms with Crippen molar-refractivity contribution in [1.29, 1.82) is 0 Å². The van der Waals surface area contributed by atoms with E-state index in [0.29, 0.717) is 23.2 Å². The lowest BCUT2D eigenvalue weighted by Crippen LogP contribution is -2.18. The van der Waals surface area contributed by atoms with E-state index in [-0.39, 0.29) is 0 Å². The Morgan fingerprint density at radius 2 is 1.22 bits per heavy atom. The van der Waals surface area contributed by atoms with Crippen molar-refractivity contribution in [2.75, 3.05) is 0 Å². The first-order valence-electron chi connectivity index (χ1n) is 9.11. The van der Waals surface area contributed by atoms with Crippen LogP contribution in [0.4, 0.5) is 0 Å². The molecule has 0 saturated heterocycles. The molecule has 3 aromatic carbocycles. The lowest BCUT2D eigenvalue weighted by molar-refractivity contribution is 0.390. The molecule has 0 bridgehead atoms. The molecule has 0 unspecified atom stereocenters. The molecule has 0 fully saturated rings. The number of hydrogen-bond acceptors (Lipinski definition) is 3. The van der Waals surface area contributed by atoms with Gasteiger partial charge in [0, 0.05) is 6.42 Å². The van der Waals surface area contributed by atoms with Gasteiger partial charge in [-0.1, -0.05) is 53.6 Å². The van der Waals surface area contributed by atoms with Crippen LogP contribution < -0.4 is 14.4 Å². The van der Waals surface area contributed by atoms with E-state index >= 15 is 0 Å². The van der Waals surface area contributed by atoms with Gasteiger partial charge in [-0.3, -0.25) is 0 Å². The minimum atomic E-state index is -3.59. The minimum absolute atomic E-state index is 0.559. The average molecular weight is 378 g/mol. The van der Waals surface area contributed by atoms with Gasteiger partial charge >= 0.3 is 7.60 Å². The number of aryl methyl sites for hydroxylation is 4. The first-order valence-corrected chi connectivity index (χ1v) is 10.6. The van der Waals surface area contributed by atoms with Crippen LogP contribution >= 0.6 is 7.60 Å². The number of rotatable bonds is 1. The van der Waals surface area contributed by atoms with Crippen molar-refractivity contribution in [3.8, 4) is 11.5 Å². The monoisotopic (exact) mass is 378 g/mol. The molecule has 1 heterocycles. The molecule has 27 heavy (non-hydrogen) atoms. The van der Waals surface area contributed by atoms with E-state index in [2.05, 4.69) is 38.1 Å². The van der Waals surface area contributed by atoms with Crippen LogP contribution in [-0.2, 0) is 11.0 Å². The smallest absolute Gasteiger partial charge is 0.412 e. The molecule has 1 aliphatic heterocycles. The van der Waals surface area contributed by atoms with Crippen LogP contribution in [0.2, 0.25) is 0 Å². The molecule has 0 aromatic heterocycles. The summed E-state index contributed by atoms with van der Waals surface area (Å²) in [6.07, 6.45) is 0.685. The summed E-state index contributed by atoms with van der Waals surface area (Å²) in [6.45, 7) is 8.12. The highest BCUT2D eigenvalue weighted by Crippen LogP contribution is 2.53. The van der Waals surface area contributed by atoms with Crippen LogP contribution in [0.15, 0.2) is 54.6 Å². The topological polar surface area (TPSA) is 35.5 Å². The van der Waals surface area contributed by atoms with Crippen molar-refractivity contribution in [3.63, 3.8) is 0 Å². The fourth-order valence-electron chi connectivity index (χ4n) is 3.79. The van der Waals surface area contributed by atoms with Crippen molar-refractivity contribution in [2.24, 2.45) is 0 Å². The zero-order chi connectivity index (χ0) is 19.2. The van der Waals surface area contributed by atoms with E-state index in [4.69, 9.17) is 9.05 Å². The summed E-state index contributed by atoms with van der Waals surface area (Å²) in [5, 5.41) is 0.559. The van der Waals surface area contributed by atoms with Crippen molar-refractivity contribution in [2.45, 2.75) is 34.1 Å². The molecular formula is C23H23O3P. The van der Waals surface area contributed by atoms with E-state index < -0.39 is 7.60 Å². The van der Waals surface area contributed by atoms with E-state index in [9.17, 15) is 4.57 Å². The molecule has 0 radical (unpaired) electrons. The Kier molecular flexibility index (Phi) is 4.36. The zero-order valence-corrected chi connectivity index (χ0v) is 17.0. The maximum atomic E-state index is 14.0. The maximum Gasteiger partial charge on any atom is 0.462 e. The van der Waals surface area contributed by atoms with Gasteiger partial charge in [0.05, 0.1) is 5.30 Å². The third-order valence-electron chi connectivity index (χ3n) is 4.87. The van der Waals surface area contributed by atoms with Gasteiger partial charge in [-0.2, -0.15) is 0 Å². The molecule has 3 nitrogen and oxygen atoms in total. The first-order chi connectivity index (χ1) is 12.9. The summed E-state index contributed by atoms with van der Waals surface area (Å²) in [4.78, 5) is 0. The second-order valence-electron chi connectivity index (χ2n) is 7.33. The highest BCUT2D eigenvalue weighted by molar-refractivity contribution is 7.63. The second-order valence-corrected chi connectivity index (χ2v) is 9.21. The first kappa shape index (κ1) is 17.9. The number of benzene rings is 3. The SMILES string of the molecule is Cc1cc(C)c2c(c1)Cc1cc(C)cc(C)c1OP(=O)(c1ccccc1)O2. The predicted molar refractivity (Wildman–Crippen MR) is 110 cm³/mol. The number of hydrogen-bond donors (Lipinski definition) is 0. The summed E-state index contributed by atoms with van der Waals surface area (Å²) >= 11 is 0. The Bertz CT molecular complexity index is 1010. The fourth-order valence-corrected chi connectivity index (χ4v) is 5.58. The van der Waals surface area contributed by atoms with Gasteiger partial charge in [0.15, 0.2) is 0 Å². The van der Waals surface area contributed by atoms with Gasteiger partial charge in [-0.25, -0.2) is 4.57 Å². The van der Waals surface area contributed by atoms with E-state index in [1.165, 1.54) is 0 Å². The Morgan fingerprint density at radius 1 is 0.741 bits per heavy atom. The minimum Gasteiger partial charge on any atom is -0.412 e. The van der Waals surface area contributed by atoms with Crippen LogP contribution in [0, 0.1) is 27.7 Å². The Labute approximate surface area is 160 Å². The highest BCUT2D eigenvalue weighted by atomic mass is 31.2. The second kappa shape index (κ2) is 6.58. The summed E-state index contributed by atoms with van der Waals surface area (Å²) in [5.41, 5.74) is 6.35. The van der Waals surface area contributed by atoms with Crippen LogP contribution in [0.3, 0.4) is 0 Å². The van der Waals surface area contributed by atoms with E-state index in [1.807, 2.05) is 32.0 Å². The highest BCUT2D eigenvalue weighted by Gasteiger charge is 2.35. The molecule has 0 atom stereocenters. The Balaban J connectivity index is 2.00. The standard InChI is InChI=1S/C23H23O3P/c1-15-10-17(3)22-19(12-15)14-20-13-16(2)11-18(4)23(20)26-27(24,25-22)21-8-6-5-7-9-21/h5-13H,14H2,1-4H3. The lowest BCUT2D eigenvalue weighted by Gasteiger charge is -2.28.